The number of morpholine rings is 1. The van der Waals surface area contributed by atoms with Crippen LogP contribution >= 0.6 is 11.3 Å². The minimum absolute atomic E-state index is 0.0759. The van der Waals surface area contributed by atoms with Crippen molar-refractivity contribution in [2.75, 3.05) is 26.2 Å². The first-order chi connectivity index (χ1) is 16.0. The predicted octanol–water partition coefficient (Wildman–Crippen LogP) is 3.85. The first kappa shape index (κ1) is 21.8. The third-order valence-corrected chi connectivity index (χ3v) is 7.35. The Morgan fingerprint density at radius 1 is 1.12 bits per heavy atom. The molecule has 0 radical (unpaired) electrons. The molecule has 1 aromatic heterocycles. The van der Waals surface area contributed by atoms with Gasteiger partial charge in [0.2, 0.25) is 5.91 Å². The molecule has 5 rings (SSSR count). The average molecular weight is 465 g/mol. The maximum atomic E-state index is 13.8. The lowest BCUT2D eigenvalue weighted by Gasteiger charge is -2.42. The predicted molar refractivity (Wildman–Crippen MR) is 124 cm³/mol. The molecule has 0 saturated carbocycles. The molecule has 0 unspecified atom stereocenters. The normalized spacial score (nSPS) is 22.8. The van der Waals surface area contributed by atoms with Gasteiger partial charge in [0, 0.05) is 23.9 Å². The number of nitrogens with zero attached hydrogens (tertiary/aromatic N) is 2. The molecule has 2 aromatic carbocycles. The van der Waals surface area contributed by atoms with E-state index in [1.807, 2.05) is 52.7 Å². The second-order valence-corrected chi connectivity index (χ2v) is 9.62. The number of hydrogen-bond donors (Lipinski definition) is 0. The van der Waals surface area contributed by atoms with Crippen LogP contribution in [-0.2, 0) is 27.3 Å². The van der Waals surface area contributed by atoms with Crippen molar-refractivity contribution in [1.29, 1.82) is 0 Å². The van der Waals surface area contributed by atoms with Gasteiger partial charge in [0.05, 0.1) is 26.1 Å². The Hall–Kier alpha value is -3.03. The largest absolute Gasteiger partial charge is 0.361 e. The molecular weight excluding hydrogens is 439 g/mol. The van der Waals surface area contributed by atoms with Gasteiger partial charge in [-0.2, -0.15) is 0 Å². The van der Waals surface area contributed by atoms with Crippen LogP contribution < -0.4 is 0 Å². The van der Waals surface area contributed by atoms with Crippen LogP contribution in [0.2, 0.25) is 0 Å². The number of carbonyl (C=O) groups excluding carboxylic acids is 2. The summed E-state index contributed by atoms with van der Waals surface area (Å²) in [5.74, 6) is -0.749. The van der Waals surface area contributed by atoms with E-state index in [-0.39, 0.29) is 43.1 Å². The van der Waals surface area contributed by atoms with Crippen LogP contribution in [-0.4, -0.2) is 53.5 Å². The molecular formula is C26H25FN2O3S. The molecule has 3 heterocycles. The van der Waals surface area contributed by atoms with E-state index >= 15 is 0 Å². The van der Waals surface area contributed by atoms with Crippen LogP contribution in [0.5, 0.6) is 0 Å². The number of rotatable bonds is 5. The van der Waals surface area contributed by atoms with Crippen molar-refractivity contribution in [2.45, 2.75) is 24.5 Å². The fourth-order valence-corrected chi connectivity index (χ4v) is 5.61. The number of thiophene rings is 1. The monoisotopic (exact) mass is 464 g/mol. The number of amides is 2. The zero-order valence-electron chi connectivity index (χ0n) is 18.2. The van der Waals surface area contributed by atoms with E-state index in [1.165, 1.54) is 12.1 Å². The molecule has 2 amide bonds. The molecule has 170 valence electrons. The van der Waals surface area contributed by atoms with Gasteiger partial charge in [0.15, 0.2) is 5.60 Å². The van der Waals surface area contributed by atoms with Gasteiger partial charge in [-0.15, -0.1) is 11.3 Å². The van der Waals surface area contributed by atoms with Crippen molar-refractivity contribution < 1.29 is 18.7 Å². The van der Waals surface area contributed by atoms with Crippen molar-refractivity contribution in [3.8, 4) is 0 Å². The molecule has 3 aromatic rings. The van der Waals surface area contributed by atoms with E-state index in [9.17, 15) is 14.0 Å². The highest BCUT2D eigenvalue weighted by molar-refractivity contribution is 7.09. The zero-order valence-corrected chi connectivity index (χ0v) is 19.0. The van der Waals surface area contributed by atoms with E-state index in [0.717, 1.165) is 10.4 Å². The van der Waals surface area contributed by atoms with Crippen LogP contribution in [0, 0.1) is 5.82 Å². The smallest absolute Gasteiger partial charge is 0.257 e. The fourth-order valence-electron chi connectivity index (χ4n) is 4.89. The van der Waals surface area contributed by atoms with Crippen LogP contribution in [0.3, 0.4) is 0 Å². The second-order valence-electron chi connectivity index (χ2n) is 8.59. The average Bonchev–Trinajstić information content (AvgIpc) is 3.43. The van der Waals surface area contributed by atoms with Crippen LogP contribution in [0.4, 0.5) is 4.39 Å². The standard InChI is InChI=1S/C26H25FN2O3S/c27-21-9-4-6-19(14-21)15-24(30)28-11-12-32-26(18-28)23(20-7-2-1-3-8-20)17-29(25(26)31)16-22-10-5-13-33-22/h1-10,13-14,23H,11-12,15-18H2/t23-,26-/m1/s1. The topological polar surface area (TPSA) is 49.9 Å². The minimum Gasteiger partial charge on any atom is -0.361 e. The Morgan fingerprint density at radius 2 is 1.97 bits per heavy atom. The Labute approximate surface area is 196 Å². The summed E-state index contributed by atoms with van der Waals surface area (Å²) < 4.78 is 19.9. The third kappa shape index (κ3) is 4.30. The highest BCUT2D eigenvalue weighted by Crippen LogP contribution is 2.42. The van der Waals surface area contributed by atoms with Crippen LogP contribution in [0.25, 0.3) is 0 Å². The SMILES string of the molecule is O=C(Cc1cccc(F)c1)N1CCO[C@@]2(C1)C(=O)N(Cc1cccs1)C[C@@H]2c1ccccc1. The van der Waals surface area contributed by atoms with Gasteiger partial charge in [0.25, 0.3) is 5.91 Å². The molecule has 5 nitrogen and oxygen atoms in total. The van der Waals surface area contributed by atoms with E-state index in [2.05, 4.69) is 0 Å². The number of ether oxygens (including phenoxy) is 1. The molecule has 2 aliphatic rings. The molecule has 2 atom stereocenters. The van der Waals surface area contributed by atoms with Crippen molar-refractivity contribution >= 4 is 23.2 Å². The van der Waals surface area contributed by atoms with Crippen molar-refractivity contribution in [3.63, 3.8) is 0 Å². The summed E-state index contributed by atoms with van der Waals surface area (Å²) in [6, 6.07) is 20.0. The number of benzene rings is 2. The van der Waals surface area contributed by atoms with E-state index in [4.69, 9.17) is 4.74 Å². The number of hydrogen-bond acceptors (Lipinski definition) is 4. The van der Waals surface area contributed by atoms with Gasteiger partial charge in [0.1, 0.15) is 5.82 Å². The minimum atomic E-state index is -1.12. The molecule has 7 heteroatoms. The first-order valence-corrected chi connectivity index (χ1v) is 12.0. The summed E-state index contributed by atoms with van der Waals surface area (Å²) in [6.45, 7) is 1.96. The number of halogens is 1. The quantitative estimate of drug-likeness (QED) is 0.576. The van der Waals surface area contributed by atoms with Crippen molar-refractivity contribution in [3.05, 3.63) is 93.9 Å². The summed E-state index contributed by atoms with van der Waals surface area (Å²) in [5.41, 5.74) is 0.533. The zero-order chi connectivity index (χ0) is 22.8. The van der Waals surface area contributed by atoms with Gasteiger partial charge in [-0.1, -0.05) is 48.5 Å². The lowest BCUT2D eigenvalue weighted by atomic mass is 9.83. The Bertz CT molecular complexity index is 1140. The highest BCUT2D eigenvalue weighted by atomic mass is 32.1. The number of likely N-dealkylation sites (tertiary alicyclic amines) is 1. The first-order valence-electron chi connectivity index (χ1n) is 11.1. The highest BCUT2D eigenvalue weighted by Gasteiger charge is 2.58. The second kappa shape index (κ2) is 9.08. The Kier molecular flexibility index (Phi) is 6.00. The Morgan fingerprint density at radius 3 is 2.73 bits per heavy atom. The Balaban J connectivity index is 1.42. The molecule has 2 aliphatic heterocycles. The molecule has 1 spiro atoms. The molecule has 2 saturated heterocycles. The van der Waals surface area contributed by atoms with Crippen molar-refractivity contribution in [2.24, 2.45) is 0 Å². The van der Waals surface area contributed by atoms with Crippen LogP contribution in [0.1, 0.15) is 21.9 Å². The molecule has 0 bridgehead atoms. The molecule has 33 heavy (non-hydrogen) atoms. The summed E-state index contributed by atoms with van der Waals surface area (Å²) in [4.78, 5) is 31.6. The van der Waals surface area contributed by atoms with Gasteiger partial charge >= 0.3 is 0 Å². The van der Waals surface area contributed by atoms with Gasteiger partial charge in [-0.05, 0) is 34.7 Å². The number of carbonyl (C=O) groups is 2. The summed E-state index contributed by atoms with van der Waals surface area (Å²) in [5, 5.41) is 2.00. The third-order valence-electron chi connectivity index (χ3n) is 6.49. The molecule has 0 N–H and O–H groups in total. The lowest BCUT2D eigenvalue weighted by Crippen LogP contribution is -2.59. The fraction of sp³-hybridized carbons (Fsp3) is 0.308. The molecule has 2 fully saturated rings. The van der Waals surface area contributed by atoms with E-state index < -0.39 is 5.60 Å². The van der Waals surface area contributed by atoms with E-state index in [1.54, 1.807) is 28.4 Å². The summed E-state index contributed by atoms with van der Waals surface area (Å²) in [6.07, 6.45) is 0.0942. The van der Waals surface area contributed by atoms with Gasteiger partial charge in [-0.25, -0.2) is 4.39 Å². The van der Waals surface area contributed by atoms with E-state index in [0.29, 0.717) is 25.2 Å². The maximum absolute atomic E-state index is 13.8. The van der Waals surface area contributed by atoms with Crippen molar-refractivity contribution in [1.82, 2.24) is 9.80 Å². The summed E-state index contributed by atoms with van der Waals surface area (Å²) in [7, 11) is 0. The summed E-state index contributed by atoms with van der Waals surface area (Å²) >= 11 is 1.62. The lowest BCUT2D eigenvalue weighted by molar-refractivity contribution is -0.167. The molecule has 0 aliphatic carbocycles. The van der Waals surface area contributed by atoms with Gasteiger partial charge in [-0.3, -0.25) is 9.59 Å². The maximum Gasteiger partial charge on any atom is 0.257 e. The van der Waals surface area contributed by atoms with Gasteiger partial charge < -0.3 is 14.5 Å². The van der Waals surface area contributed by atoms with Crippen LogP contribution in [0.15, 0.2) is 72.1 Å².